The molecule has 1 saturated carbocycles. The molecule has 172 valence electrons. The van der Waals surface area contributed by atoms with Crippen molar-refractivity contribution in [2.45, 2.75) is 43.7 Å². The van der Waals surface area contributed by atoms with Crippen LogP contribution in [0.4, 0.5) is 0 Å². The number of imidazole rings is 1. The van der Waals surface area contributed by atoms with Gasteiger partial charge in [0.15, 0.2) is 5.65 Å². The van der Waals surface area contributed by atoms with Crippen molar-refractivity contribution in [3.8, 4) is 22.5 Å². The highest BCUT2D eigenvalue weighted by atomic mass is 32.2. The number of aromatic nitrogens is 3. The molecule has 1 aliphatic rings. The predicted molar refractivity (Wildman–Crippen MR) is 135 cm³/mol. The highest BCUT2D eigenvalue weighted by molar-refractivity contribution is 7.99. The van der Waals surface area contributed by atoms with E-state index in [1.54, 1.807) is 18.7 Å². The van der Waals surface area contributed by atoms with Crippen LogP contribution in [0.25, 0.3) is 28.2 Å². The Kier molecular flexibility index (Phi) is 6.45. The first kappa shape index (κ1) is 22.3. The van der Waals surface area contributed by atoms with E-state index >= 15 is 0 Å². The van der Waals surface area contributed by atoms with Crippen LogP contribution in [0.1, 0.15) is 43.0 Å². The van der Waals surface area contributed by atoms with Gasteiger partial charge >= 0.3 is 0 Å². The number of amides is 1. The van der Waals surface area contributed by atoms with Crippen LogP contribution in [0.15, 0.2) is 72.0 Å². The summed E-state index contributed by atoms with van der Waals surface area (Å²) in [7, 11) is 0. The van der Waals surface area contributed by atoms with Gasteiger partial charge in [-0.25, -0.2) is 9.97 Å². The fourth-order valence-electron chi connectivity index (χ4n) is 3.80. The third-order valence-electron chi connectivity index (χ3n) is 5.80. The van der Waals surface area contributed by atoms with Gasteiger partial charge in [-0.05, 0) is 38.3 Å². The summed E-state index contributed by atoms with van der Waals surface area (Å²) in [6, 6.07) is 18.1. The summed E-state index contributed by atoms with van der Waals surface area (Å²) in [5.41, 5.74) is 5.27. The molecule has 0 aliphatic heterocycles. The molecule has 1 N–H and O–H groups in total. The van der Waals surface area contributed by atoms with Gasteiger partial charge in [-0.1, -0.05) is 42.5 Å². The lowest BCUT2D eigenvalue weighted by molar-refractivity contribution is -0.117. The number of benzene rings is 2. The molecular formula is C27H26N4O2S. The van der Waals surface area contributed by atoms with Gasteiger partial charge in [-0.2, -0.15) is 0 Å². The van der Waals surface area contributed by atoms with E-state index in [0.29, 0.717) is 18.0 Å². The number of ketones is 1. The van der Waals surface area contributed by atoms with Gasteiger partial charge in [0.25, 0.3) is 5.91 Å². The quantitative estimate of drug-likeness (QED) is 0.261. The number of fused-ring (bicyclic) bond motifs is 1. The molecule has 2 aromatic heterocycles. The standard InChI is InChI=1S/C27H26N4O2S/c1-18(32)6-5-15-34-27-25-28-16-24(31(25)17-23(30-27)19-7-3-2-4-8-19)20-9-11-21(12-10-20)26(33)29-22-13-14-22/h2-4,7-12,16-17,22H,5-6,13-15H2,1H3,(H,29,33). The summed E-state index contributed by atoms with van der Waals surface area (Å²) < 4.78 is 2.07. The van der Waals surface area contributed by atoms with Gasteiger partial charge in [0, 0.05) is 41.1 Å². The first-order valence-electron chi connectivity index (χ1n) is 11.6. The molecule has 1 aliphatic carbocycles. The van der Waals surface area contributed by atoms with Crippen molar-refractivity contribution in [2.75, 3.05) is 5.75 Å². The number of hydrogen-bond acceptors (Lipinski definition) is 5. The van der Waals surface area contributed by atoms with Crippen LogP contribution in [0.5, 0.6) is 0 Å². The Balaban J connectivity index is 1.49. The maximum Gasteiger partial charge on any atom is 0.251 e. The van der Waals surface area contributed by atoms with Crippen molar-refractivity contribution in [3.05, 3.63) is 72.6 Å². The molecule has 0 bridgehead atoms. The molecule has 5 rings (SSSR count). The lowest BCUT2D eigenvalue weighted by Gasteiger charge is -2.10. The first-order valence-corrected chi connectivity index (χ1v) is 12.5. The molecule has 34 heavy (non-hydrogen) atoms. The number of carbonyl (C=O) groups excluding carboxylic acids is 2. The van der Waals surface area contributed by atoms with Crippen molar-refractivity contribution in [2.24, 2.45) is 0 Å². The van der Waals surface area contributed by atoms with Gasteiger partial charge in [0.1, 0.15) is 10.8 Å². The van der Waals surface area contributed by atoms with E-state index < -0.39 is 0 Å². The van der Waals surface area contributed by atoms with E-state index in [2.05, 4.69) is 14.7 Å². The highest BCUT2D eigenvalue weighted by Gasteiger charge is 2.23. The average molecular weight is 471 g/mol. The molecular weight excluding hydrogens is 444 g/mol. The fraction of sp³-hybridized carbons (Fsp3) is 0.259. The van der Waals surface area contributed by atoms with E-state index in [4.69, 9.17) is 4.98 Å². The van der Waals surface area contributed by atoms with Gasteiger partial charge in [0.05, 0.1) is 17.6 Å². The number of thioether (sulfide) groups is 1. The summed E-state index contributed by atoms with van der Waals surface area (Å²) in [6.45, 7) is 1.62. The zero-order chi connectivity index (χ0) is 23.5. The number of nitrogens with zero attached hydrogens (tertiary/aromatic N) is 3. The van der Waals surface area contributed by atoms with Crippen LogP contribution >= 0.6 is 11.8 Å². The molecule has 6 nitrogen and oxygen atoms in total. The van der Waals surface area contributed by atoms with Crippen LogP contribution in [-0.4, -0.2) is 37.9 Å². The molecule has 0 spiro atoms. The topological polar surface area (TPSA) is 76.4 Å². The minimum Gasteiger partial charge on any atom is -0.349 e. The first-order chi connectivity index (χ1) is 16.6. The van der Waals surface area contributed by atoms with Gasteiger partial charge < -0.3 is 10.1 Å². The Morgan fingerprint density at radius 1 is 1.06 bits per heavy atom. The maximum atomic E-state index is 12.4. The molecule has 2 heterocycles. The molecule has 2 aromatic carbocycles. The van der Waals surface area contributed by atoms with Crippen molar-refractivity contribution >= 4 is 29.1 Å². The molecule has 1 amide bonds. The molecule has 4 aromatic rings. The number of rotatable bonds is 9. The Labute approximate surface area is 202 Å². The Bertz CT molecular complexity index is 1330. The van der Waals surface area contributed by atoms with Crippen LogP contribution in [0, 0.1) is 0 Å². The molecule has 7 heteroatoms. The number of hydrogen-bond donors (Lipinski definition) is 1. The van der Waals surface area contributed by atoms with Gasteiger partial charge in [0.2, 0.25) is 0 Å². The summed E-state index contributed by atoms with van der Waals surface area (Å²) in [6.07, 6.45) is 7.38. The largest absolute Gasteiger partial charge is 0.349 e. The van der Waals surface area contributed by atoms with Crippen LogP contribution in [0.2, 0.25) is 0 Å². The zero-order valence-corrected chi connectivity index (χ0v) is 19.8. The zero-order valence-electron chi connectivity index (χ0n) is 19.0. The number of nitrogens with one attached hydrogen (secondary N) is 1. The van der Waals surface area contributed by atoms with Crippen molar-refractivity contribution in [1.29, 1.82) is 0 Å². The minimum absolute atomic E-state index is 0.0213. The normalized spacial score (nSPS) is 13.2. The van der Waals surface area contributed by atoms with Crippen LogP contribution < -0.4 is 5.32 Å². The lowest BCUT2D eigenvalue weighted by Crippen LogP contribution is -2.25. The third kappa shape index (κ3) is 5.04. The summed E-state index contributed by atoms with van der Waals surface area (Å²) in [4.78, 5) is 33.3. The van der Waals surface area contributed by atoms with E-state index in [9.17, 15) is 9.59 Å². The Hall–Kier alpha value is -3.45. The molecule has 0 saturated heterocycles. The molecule has 0 unspecified atom stereocenters. The van der Waals surface area contributed by atoms with E-state index in [1.807, 2.05) is 67.0 Å². The summed E-state index contributed by atoms with van der Waals surface area (Å²) in [5, 5.41) is 3.87. The molecule has 0 radical (unpaired) electrons. The Morgan fingerprint density at radius 3 is 2.53 bits per heavy atom. The maximum absolute atomic E-state index is 12.4. The third-order valence-corrected chi connectivity index (χ3v) is 6.84. The van der Waals surface area contributed by atoms with Crippen molar-refractivity contribution in [1.82, 2.24) is 19.7 Å². The van der Waals surface area contributed by atoms with Gasteiger partial charge in [-0.3, -0.25) is 9.20 Å². The second-order valence-corrected chi connectivity index (χ2v) is 9.70. The number of Topliss-reactive ketones (excluding diaryl/α,β-unsaturated/α-hetero) is 1. The monoisotopic (exact) mass is 470 g/mol. The van der Waals surface area contributed by atoms with Gasteiger partial charge in [-0.15, -0.1) is 11.8 Å². The SMILES string of the molecule is CC(=O)CCCSc1nc(-c2ccccc2)cn2c(-c3ccc(C(=O)NC4CC4)cc3)cnc12. The fourth-order valence-corrected chi connectivity index (χ4v) is 4.72. The predicted octanol–water partition coefficient (Wildman–Crippen LogP) is 5.42. The van der Waals surface area contributed by atoms with E-state index in [0.717, 1.165) is 58.2 Å². The van der Waals surface area contributed by atoms with Crippen molar-refractivity contribution in [3.63, 3.8) is 0 Å². The Morgan fingerprint density at radius 2 is 1.82 bits per heavy atom. The average Bonchev–Trinajstić information content (AvgIpc) is 3.57. The lowest BCUT2D eigenvalue weighted by atomic mass is 10.1. The molecule has 0 atom stereocenters. The minimum atomic E-state index is -0.0213. The second kappa shape index (κ2) is 9.81. The molecule has 1 fully saturated rings. The second-order valence-electron chi connectivity index (χ2n) is 8.61. The smallest absolute Gasteiger partial charge is 0.251 e. The van der Waals surface area contributed by atoms with Crippen LogP contribution in [0.3, 0.4) is 0 Å². The van der Waals surface area contributed by atoms with E-state index in [1.165, 1.54) is 0 Å². The highest BCUT2D eigenvalue weighted by Crippen LogP contribution is 2.30. The number of carbonyl (C=O) groups is 2. The van der Waals surface area contributed by atoms with E-state index in [-0.39, 0.29) is 11.7 Å². The summed E-state index contributed by atoms with van der Waals surface area (Å²) >= 11 is 1.63. The van der Waals surface area contributed by atoms with Crippen LogP contribution in [-0.2, 0) is 4.79 Å². The summed E-state index contributed by atoms with van der Waals surface area (Å²) in [5.74, 6) is 0.981. The van der Waals surface area contributed by atoms with Crippen molar-refractivity contribution < 1.29 is 9.59 Å².